The molecule has 1 atom stereocenters. The van der Waals surface area contributed by atoms with Gasteiger partial charge in [-0.15, -0.1) is 0 Å². The highest BCUT2D eigenvalue weighted by atomic mass is 16.3. The van der Waals surface area contributed by atoms with E-state index in [1.807, 2.05) is 55.1 Å². The summed E-state index contributed by atoms with van der Waals surface area (Å²) in [5.41, 5.74) is 14.8. The molecule has 6 nitrogen and oxygen atoms in total. The maximum Gasteiger partial charge on any atom is 0.161 e. The number of hydrogen-bond donors (Lipinski definition) is 1. The molecule has 10 rings (SSSR count). The Morgan fingerprint density at radius 2 is 1.32 bits per heavy atom. The van der Waals surface area contributed by atoms with E-state index in [9.17, 15) is 0 Å². The number of hydrogen-bond acceptors (Lipinski definition) is 6. The molecule has 6 heterocycles. The highest BCUT2D eigenvalue weighted by molar-refractivity contribution is 6.08. The van der Waals surface area contributed by atoms with Gasteiger partial charge < -0.3 is 14.2 Å². The SMILES string of the molecule is C1=CNC(c2cccc3c2oc2c(-c4ccc(-c5ccc(-c6ccnc7c8c(oc67)=C(c6ccccn6)CCC=8)cc5)cc4)ccnc23)C=C1. The molecule has 1 aliphatic carbocycles. The smallest absolute Gasteiger partial charge is 0.161 e. The normalized spacial score (nSPS) is 15.4. The molecule has 0 fully saturated rings. The van der Waals surface area contributed by atoms with Gasteiger partial charge in [0, 0.05) is 51.5 Å². The summed E-state index contributed by atoms with van der Waals surface area (Å²) >= 11 is 0. The summed E-state index contributed by atoms with van der Waals surface area (Å²) in [5.74, 6) is 0. The summed E-state index contributed by atoms with van der Waals surface area (Å²) in [6, 6.07) is 33.7. The molecule has 0 bridgehead atoms. The average Bonchev–Trinajstić information content (AvgIpc) is 3.78. The Morgan fingerprint density at radius 1 is 0.600 bits per heavy atom. The number of allylic oxidation sites excluding steroid dienone is 2. The highest BCUT2D eigenvalue weighted by Crippen LogP contribution is 2.38. The summed E-state index contributed by atoms with van der Waals surface area (Å²) in [7, 11) is 0. The standard InChI is InChI=1S/C44H30N4O2/c1-3-23-45-37(11-1)33-7-5-9-35-39-43(49-41(33)35)31(21-25-47-39)29-17-13-27(14-18-29)28-15-19-30(20-16-28)32-22-26-48-40-36-10-6-8-34(42(36)50-44(32)40)38-12-2-4-24-46-38/h1-5,7,9-26,37,45H,6,8H2. The van der Waals surface area contributed by atoms with E-state index in [1.54, 1.807) is 0 Å². The van der Waals surface area contributed by atoms with Crippen molar-refractivity contribution in [2.24, 2.45) is 0 Å². The second kappa shape index (κ2) is 11.6. The number of nitrogens with one attached hydrogen (secondary N) is 1. The van der Waals surface area contributed by atoms with Crippen molar-refractivity contribution in [2.75, 3.05) is 0 Å². The van der Waals surface area contributed by atoms with Crippen molar-refractivity contribution in [3.05, 3.63) is 162 Å². The summed E-state index contributed by atoms with van der Waals surface area (Å²) in [5, 5.41) is 5.50. The molecule has 238 valence electrons. The Hall–Kier alpha value is -6.53. The number of fused-ring (bicyclic) bond motifs is 6. The molecule has 1 aliphatic heterocycles. The third-order valence-corrected chi connectivity index (χ3v) is 9.86. The van der Waals surface area contributed by atoms with Crippen LogP contribution >= 0.6 is 0 Å². The molecule has 0 spiro atoms. The molecule has 8 aromatic rings. The number of pyridine rings is 3. The van der Waals surface area contributed by atoms with Crippen LogP contribution in [-0.4, -0.2) is 15.0 Å². The van der Waals surface area contributed by atoms with Crippen molar-refractivity contribution in [3.8, 4) is 33.4 Å². The van der Waals surface area contributed by atoms with Gasteiger partial charge in [0.1, 0.15) is 22.0 Å². The first-order chi connectivity index (χ1) is 24.8. The molecular formula is C44H30N4O2. The number of benzene rings is 3. The summed E-state index contributed by atoms with van der Waals surface area (Å²) in [6.45, 7) is 0. The number of rotatable bonds is 5. The molecule has 1 unspecified atom stereocenters. The Bertz CT molecular complexity index is 2770. The van der Waals surface area contributed by atoms with Crippen molar-refractivity contribution in [1.29, 1.82) is 0 Å². The van der Waals surface area contributed by atoms with Gasteiger partial charge >= 0.3 is 0 Å². The number of para-hydroxylation sites is 1. The molecule has 2 aliphatic rings. The Kier molecular flexibility index (Phi) is 6.59. The van der Waals surface area contributed by atoms with Crippen LogP contribution in [0.3, 0.4) is 0 Å². The number of furan rings is 2. The Morgan fingerprint density at radius 3 is 2.02 bits per heavy atom. The van der Waals surface area contributed by atoms with Crippen LogP contribution in [0.2, 0.25) is 0 Å². The third-order valence-electron chi connectivity index (χ3n) is 9.86. The van der Waals surface area contributed by atoms with Gasteiger partial charge in [0.25, 0.3) is 0 Å². The zero-order valence-electron chi connectivity index (χ0n) is 27.0. The van der Waals surface area contributed by atoms with Crippen LogP contribution in [0, 0.1) is 0 Å². The second-order valence-corrected chi connectivity index (χ2v) is 12.7. The van der Waals surface area contributed by atoms with E-state index in [0.717, 1.165) is 107 Å². The summed E-state index contributed by atoms with van der Waals surface area (Å²) in [4.78, 5) is 14.1. The van der Waals surface area contributed by atoms with Crippen molar-refractivity contribution >= 4 is 44.8 Å². The lowest BCUT2D eigenvalue weighted by atomic mass is 9.97. The molecule has 5 aromatic heterocycles. The first-order valence-corrected chi connectivity index (χ1v) is 16.9. The van der Waals surface area contributed by atoms with Crippen LogP contribution in [0.25, 0.3) is 78.2 Å². The van der Waals surface area contributed by atoms with Crippen molar-refractivity contribution < 1.29 is 8.83 Å². The van der Waals surface area contributed by atoms with Crippen LogP contribution in [0.4, 0.5) is 0 Å². The lowest BCUT2D eigenvalue weighted by Gasteiger charge is -2.16. The molecule has 0 saturated carbocycles. The van der Waals surface area contributed by atoms with Gasteiger partial charge in [-0.25, -0.2) is 0 Å². The number of nitrogens with zero attached hydrogens (tertiary/aromatic N) is 3. The molecule has 50 heavy (non-hydrogen) atoms. The molecule has 1 N–H and O–H groups in total. The monoisotopic (exact) mass is 646 g/mol. The molecule has 0 amide bonds. The van der Waals surface area contributed by atoms with Gasteiger partial charge in [-0.1, -0.05) is 85.0 Å². The minimum Gasteiger partial charge on any atom is -0.453 e. The van der Waals surface area contributed by atoms with Crippen molar-refractivity contribution in [3.63, 3.8) is 0 Å². The van der Waals surface area contributed by atoms with Crippen LogP contribution < -0.4 is 16.0 Å². The van der Waals surface area contributed by atoms with Crippen molar-refractivity contribution in [1.82, 2.24) is 20.3 Å². The summed E-state index contributed by atoms with van der Waals surface area (Å²) in [6.07, 6.45) is 17.8. The maximum atomic E-state index is 6.61. The highest BCUT2D eigenvalue weighted by Gasteiger charge is 2.20. The van der Waals surface area contributed by atoms with E-state index < -0.39 is 0 Å². The fourth-order valence-electron chi connectivity index (χ4n) is 7.41. The molecular weight excluding hydrogens is 617 g/mol. The van der Waals surface area contributed by atoms with Gasteiger partial charge in [0.15, 0.2) is 11.2 Å². The first-order valence-electron chi connectivity index (χ1n) is 16.9. The number of dihydropyridines is 1. The van der Waals surface area contributed by atoms with Crippen LogP contribution in [0.15, 0.2) is 149 Å². The fraction of sp³-hybridized carbons (Fsp3) is 0.0682. The van der Waals surface area contributed by atoms with Gasteiger partial charge in [-0.3, -0.25) is 15.0 Å². The summed E-state index contributed by atoms with van der Waals surface area (Å²) < 4.78 is 13.2. The molecule has 0 radical (unpaired) electrons. The average molecular weight is 647 g/mol. The lowest BCUT2D eigenvalue weighted by molar-refractivity contribution is 0.568. The van der Waals surface area contributed by atoms with E-state index in [1.165, 1.54) is 0 Å². The lowest BCUT2D eigenvalue weighted by Crippen LogP contribution is -2.27. The minimum absolute atomic E-state index is 0.0504. The zero-order chi connectivity index (χ0) is 33.0. The van der Waals surface area contributed by atoms with Gasteiger partial charge in [-0.05, 0) is 77.7 Å². The van der Waals surface area contributed by atoms with E-state index in [4.69, 9.17) is 18.8 Å². The van der Waals surface area contributed by atoms with E-state index in [-0.39, 0.29) is 6.04 Å². The predicted molar refractivity (Wildman–Crippen MR) is 199 cm³/mol. The fourth-order valence-corrected chi connectivity index (χ4v) is 7.41. The number of aromatic nitrogens is 3. The van der Waals surface area contributed by atoms with Crippen LogP contribution in [-0.2, 0) is 0 Å². The predicted octanol–water partition coefficient (Wildman–Crippen LogP) is 9.01. The van der Waals surface area contributed by atoms with Crippen molar-refractivity contribution in [2.45, 2.75) is 18.9 Å². The van der Waals surface area contributed by atoms with Gasteiger partial charge in [0.05, 0.1) is 11.7 Å². The van der Waals surface area contributed by atoms with E-state index in [0.29, 0.717) is 0 Å². The van der Waals surface area contributed by atoms with E-state index in [2.05, 4.69) is 101 Å². The topological polar surface area (TPSA) is 77.0 Å². The molecule has 3 aromatic carbocycles. The largest absolute Gasteiger partial charge is 0.453 e. The quantitative estimate of drug-likeness (QED) is 0.201. The minimum atomic E-state index is 0.0504. The van der Waals surface area contributed by atoms with Crippen LogP contribution in [0.5, 0.6) is 0 Å². The Balaban J connectivity index is 0.983. The first kappa shape index (κ1) is 28.5. The van der Waals surface area contributed by atoms with E-state index >= 15 is 0 Å². The van der Waals surface area contributed by atoms with Gasteiger partial charge in [0.2, 0.25) is 0 Å². The Labute approximate surface area is 287 Å². The van der Waals surface area contributed by atoms with Gasteiger partial charge in [-0.2, -0.15) is 0 Å². The zero-order valence-corrected chi connectivity index (χ0v) is 27.0. The second-order valence-electron chi connectivity index (χ2n) is 12.7. The maximum absolute atomic E-state index is 6.61. The van der Waals surface area contributed by atoms with Crippen LogP contribution in [0.1, 0.15) is 30.1 Å². The molecule has 6 heteroatoms. The third kappa shape index (κ3) is 4.60. The molecule has 0 saturated heterocycles.